The summed E-state index contributed by atoms with van der Waals surface area (Å²) in [6.45, 7) is 2.50. The molecule has 0 fully saturated rings. The topological polar surface area (TPSA) is 78.4 Å². The molecule has 4 rings (SSSR count). The fraction of sp³-hybridized carbons (Fsp3) is 0.194. The van der Waals surface area contributed by atoms with E-state index in [1.165, 1.54) is 16.3 Å². The third-order valence-electron chi connectivity index (χ3n) is 6.32. The minimum Gasteiger partial charge on any atom is -0.480 e. The molecule has 1 amide bonds. The zero-order valence-corrected chi connectivity index (χ0v) is 24.9. The molecule has 5 nitrogen and oxygen atoms in total. The Morgan fingerprint density at radius 2 is 1.73 bits per heavy atom. The molecule has 3 N–H and O–H groups in total. The Morgan fingerprint density at radius 3 is 2.51 bits per heavy atom. The Bertz CT molecular complexity index is 1320. The first-order valence-electron chi connectivity index (χ1n) is 12.1. The molecule has 4 aromatic carbocycles. The van der Waals surface area contributed by atoms with Gasteiger partial charge in [0.15, 0.2) is 0 Å². The Morgan fingerprint density at radius 1 is 0.973 bits per heavy atom. The summed E-state index contributed by atoms with van der Waals surface area (Å²) in [6, 6.07) is 33.6. The number of hydrogen-bond acceptors (Lipinski definition) is 3. The van der Waals surface area contributed by atoms with E-state index in [1.54, 1.807) is 6.07 Å². The monoisotopic (exact) mass is 716 g/mol. The molecule has 0 aliphatic heterocycles. The summed E-state index contributed by atoms with van der Waals surface area (Å²) in [6.07, 6.45) is 2.99. The molecule has 0 aliphatic rings. The van der Waals surface area contributed by atoms with Gasteiger partial charge in [-0.05, 0) is 46.9 Å². The number of carbonyl (C=O) groups excluding carboxylic acids is 1. The molecule has 0 saturated carbocycles. The number of carboxylic acids is 1. The Balaban J connectivity index is 0.00000380. The zero-order valence-electron chi connectivity index (χ0n) is 20.8. The molecule has 186 valence electrons. The van der Waals surface area contributed by atoms with Gasteiger partial charge in [0.25, 0.3) is 5.91 Å². The third kappa shape index (κ3) is 7.79. The second-order valence-corrected chi connectivity index (χ2v) is 8.80. The van der Waals surface area contributed by atoms with Crippen molar-refractivity contribution >= 4 is 22.6 Å². The SMILES string of the molecule is C[C@@H](NC[CH-]C[C@H](c1[c-]cccc1)c1cccc(C(=O)NCC(=O)O)c1)c1cccc2ccccc12.[U+2]. The van der Waals surface area contributed by atoms with Crippen LogP contribution in [0.5, 0.6) is 0 Å². The molecule has 2 atom stereocenters. The number of aliphatic carboxylic acids is 1. The maximum atomic E-state index is 12.4. The van der Waals surface area contributed by atoms with E-state index in [0.717, 1.165) is 24.1 Å². The van der Waals surface area contributed by atoms with Crippen molar-refractivity contribution in [1.29, 1.82) is 0 Å². The summed E-state index contributed by atoms with van der Waals surface area (Å²) in [5, 5.41) is 17.4. The van der Waals surface area contributed by atoms with Crippen LogP contribution in [0.15, 0.2) is 91.0 Å². The third-order valence-corrected chi connectivity index (χ3v) is 6.32. The van der Waals surface area contributed by atoms with E-state index in [0.29, 0.717) is 5.56 Å². The van der Waals surface area contributed by atoms with Gasteiger partial charge in [0, 0.05) is 11.6 Å². The summed E-state index contributed by atoms with van der Waals surface area (Å²) < 4.78 is 0. The van der Waals surface area contributed by atoms with Gasteiger partial charge in [-0.25, -0.2) is 0 Å². The summed E-state index contributed by atoms with van der Waals surface area (Å²) >= 11 is 0. The summed E-state index contributed by atoms with van der Waals surface area (Å²) in [4.78, 5) is 23.2. The van der Waals surface area contributed by atoms with Crippen LogP contribution in [0.1, 0.15) is 52.4 Å². The van der Waals surface area contributed by atoms with Gasteiger partial charge in [0.2, 0.25) is 0 Å². The predicted molar refractivity (Wildman–Crippen MR) is 143 cm³/mol. The van der Waals surface area contributed by atoms with Gasteiger partial charge in [-0.15, -0.1) is 6.54 Å². The summed E-state index contributed by atoms with van der Waals surface area (Å²) in [5.74, 6) is -1.45. The van der Waals surface area contributed by atoms with Crippen LogP contribution < -0.4 is 10.6 Å². The van der Waals surface area contributed by atoms with E-state index >= 15 is 0 Å². The molecular formula is C31H30N2O3U. The number of rotatable bonds is 11. The summed E-state index contributed by atoms with van der Waals surface area (Å²) in [5.41, 5.74) is 3.74. The standard InChI is InChI=1S/C31H30N2O3.U/c1-22(27-17-8-13-24-12-5-6-16-29(24)27)32-19-9-18-28(23-10-3-2-4-11-23)25-14-7-15-26(20-25)31(36)33-21-30(34)35;/h2-10,12-17,20,22,28,32H,18-19,21H2,1H3,(H,33,36)(H,34,35);/q-2;+2/t22-,28-;/m1./s1. The number of amides is 1. The van der Waals surface area contributed by atoms with Crippen LogP contribution in [0.2, 0.25) is 0 Å². The normalized spacial score (nSPS) is 12.4. The van der Waals surface area contributed by atoms with Crippen LogP contribution >= 0.6 is 0 Å². The Kier molecular flexibility index (Phi) is 11.0. The first-order valence-corrected chi connectivity index (χ1v) is 12.1. The maximum Gasteiger partial charge on any atom is 2.00 e. The maximum absolute atomic E-state index is 12.4. The van der Waals surface area contributed by atoms with E-state index in [4.69, 9.17) is 5.11 Å². The molecular weight excluding hydrogens is 686 g/mol. The van der Waals surface area contributed by atoms with E-state index in [9.17, 15) is 9.59 Å². The largest absolute Gasteiger partial charge is 2.00 e. The minimum atomic E-state index is -1.07. The van der Waals surface area contributed by atoms with Crippen molar-refractivity contribution < 1.29 is 45.8 Å². The van der Waals surface area contributed by atoms with Gasteiger partial charge in [-0.1, -0.05) is 54.6 Å². The fourth-order valence-corrected chi connectivity index (χ4v) is 4.47. The second-order valence-electron chi connectivity index (χ2n) is 8.80. The first kappa shape index (κ1) is 28.7. The molecule has 0 radical (unpaired) electrons. The van der Waals surface area contributed by atoms with Crippen molar-refractivity contribution in [3.8, 4) is 0 Å². The number of fused-ring (bicyclic) bond motifs is 1. The van der Waals surface area contributed by atoms with Gasteiger partial charge in [0.05, 0.1) is 0 Å². The van der Waals surface area contributed by atoms with Crippen LogP contribution in [0.25, 0.3) is 10.8 Å². The smallest absolute Gasteiger partial charge is 0.480 e. The Labute approximate surface area is 242 Å². The molecule has 0 aromatic heterocycles. The molecule has 4 aromatic rings. The fourth-order valence-electron chi connectivity index (χ4n) is 4.47. The molecule has 0 heterocycles. The van der Waals surface area contributed by atoms with Crippen molar-refractivity contribution in [3.63, 3.8) is 0 Å². The molecule has 0 saturated heterocycles. The quantitative estimate of drug-likeness (QED) is 0.141. The van der Waals surface area contributed by atoms with Crippen LogP contribution in [0.4, 0.5) is 0 Å². The minimum absolute atomic E-state index is 0. The van der Waals surface area contributed by atoms with E-state index in [1.807, 2.05) is 42.5 Å². The average Bonchev–Trinajstić information content (AvgIpc) is 2.91. The van der Waals surface area contributed by atoms with Gasteiger partial charge in [0.1, 0.15) is 6.54 Å². The number of carboxylic acid groups (broad SMARTS) is 1. The summed E-state index contributed by atoms with van der Waals surface area (Å²) in [7, 11) is 0. The van der Waals surface area contributed by atoms with Crippen LogP contribution in [-0.2, 0) is 4.79 Å². The van der Waals surface area contributed by atoms with Crippen molar-refractivity contribution in [2.75, 3.05) is 13.1 Å². The zero-order chi connectivity index (χ0) is 25.3. The van der Waals surface area contributed by atoms with Crippen LogP contribution in [0, 0.1) is 43.6 Å². The van der Waals surface area contributed by atoms with Gasteiger partial charge in [-0.3, -0.25) is 9.59 Å². The van der Waals surface area contributed by atoms with Gasteiger partial charge < -0.3 is 22.2 Å². The number of hydrogen-bond donors (Lipinski definition) is 3. The molecule has 0 bridgehead atoms. The Hall–Kier alpha value is -2.91. The van der Waals surface area contributed by atoms with Crippen molar-refractivity contribution in [2.45, 2.75) is 25.3 Å². The predicted octanol–water partition coefficient (Wildman–Crippen LogP) is 5.53. The first-order chi connectivity index (χ1) is 17.5. The molecule has 6 heteroatoms. The van der Waals surface area contributed by atoms with E-state index in [-0.39, 0.29) is 43.1 Å². The van der Waals surface area contributed by atoms with Crippen molar-refractivity contribution in [1.82, 2.24) is 10.6 Å². The van der Waals surface area contributed by atoms with Gasteiger partial charge in [-0.2, -0.15) is 42.3 Å². The number of nitrogens with one attached hydrogen (secondary N) is 2. The van der Waals surface area contributed by atoms with Crippen molar-refractivity contribution in [3.05, 3.63) is 126 Å². The molecule has 0 spiro atoms. The molecule has 37 heavy (non-hydrogen) atoms. The molecule has 0 aliphatic carbocycles. The van der Waals surface area contributed by atoms with E-state index in [2.05, 4.69) is 72.5 Å². The van der Waals surface area contributed by atoms with Crippen LogP contribution in [-0.4, -0.2) is 30.1 Å². The molecule has 0 unspecified atom stereocenters. The number of carbonyl (C=O) groups is 2. The van der Waals surface area contributed by atoms with Crippen LogP contribution in [0.3, 0.4) is 0 Å². The second kappa shape index (κ2) is 14.1. The number of benzene rings is 4. The van der Waals surface area contributed by atoms with E-state index < -0.39 is 18.4 Å². The van der Waals surface area contributed by atoms with Crippen molar-refractivity contribution in [2.24, 2.45) is 0 Å². The van der Waals surface area contributed by atoms with Gasteiger partial charge >= 0.3 is 37.1 Å². The average molecular weight is 717 g/mol.